The molecule has 1 aromatic heterocycles. The van der Waals surface area contributed by atoms with Crippen molar-refractivity contribution in [2.75, 3.05) is 48.1 Å². The lowest BCUT2D eigenvalue weighted by molar-refractivity contribution is -0.176. The van der Waals surface area contributed by atoms with Gasteiger partial charge >= 0.3 is 18.1 Å². The quantitative estimate of drug-likeness (QED) is 0.201. The van der Waals surface area contributed by atoms with Crippen molar-refractivity contribution in [1.29, 1.82) is 0 Å². The van der Waals surface area contributed by atoms with Crippen molar-refractivity contribution in [1.82, 2.24) is 9.88 Å². The van der Waals surface area contributed by atoms with Gasteiger partial charge in [0.25, 0.3) is 0 Å². The largest absolute Gasteiger partial charge is 0.513 e. The van der Waals surface area contributed by atoms with Crippen LogP contribution in [0.25, 0.3) is 10.9 Å². The highest BCUT2D eigenvalue weighted by Gasteiger charge is 2.54. The fourth-order valence-electron chi connectivity index (χ4n) is 7.94. The van der Waals surface area contributed by atoms with Crippen LogP contribution in [0.1, 0.15) is 53.0 Å². The summed E-state index contributed by atoms with van der Waals surface area (Å²) in [6.45, 7) is 5.15. The second-order valence-electron chi connectivity index (χ2n) is 12.4. The number of rotatable bonds is 8. The number of aromatic nitrogens is 1. The molecule has 0 unspecified atom stereocenters. The summed E-state index contributed by atoms with van der Waals surface area (Å²) in [5.41, 5.74) is 4.24. The number of hydrogen-bond acceptors (Lipinski definition) is 11. The summed E-state index contributed by atoms with van der Waals surface area (Å²) < 4.78 is 38.5. The number of piperidine rings is 1. The number of methoxy groups -OCH3 is 4. The van der Waals surface area contributed by atoms with Crippen LogP contribution in [0.2, 0.25) is 0 Å². The number of nitrogens with one attached hydrogen (secondary N) is 1. The second kappa shape index (κ2) is 13.4. The van der Waals surface area contributed by atoms with E-state index in [0.29, 0.717) is 12.0 Å². The lowest BCUT2D eigenvalue weighted by Crippen LogP contribution is -2.58. The standard InChI is InChI=1S/C35H42N2O10/c1-7-45-35(40)47-31-18(2)12-19(13-27(31)42-4)33(38)46-28-14-20-17-37-11-10-23-22-9-8-21(41-3)15-25(22)36-30(23)26(37)16-24(20)29(32(28)43-5)34(39)44-6/h8-9,12-13,15,20,24,26,28-29,32,36H,7,10-11,14,16-17H2,1-6H3/t20-,24+,26-,28-,29+,32+/m1/s1. The molecule has 6 atom stereocenters. The van der Waals surface area contributed by atoms with Crippen LogP contribution in [0.3, 0.4) is 0 Å². The van der Waals surface area contributed by atoms with Gasteiger partial charge in [0.1, 0.15) is 18.0 Å². The van der Waals surface area contributed by atoms with Gasteiger partial charge in [-0.2, -0.15) is 0 Å². The van der Waals surface area contributed by atoms with E-state index in [-0.39, 0.29) is 47.5 Å². The van der Waals surface area contributed by atoms with Gasteiger partial charge in [0.15, 0.2) is 11.5 Å². The van der Waals surface area contributed by atoms with Crippen LogP contribution in [-0.4, -0.2) is 88.3 Å². The zero-order valence-corrected chi connectivity index (χ0v) is 27.6. The Bertz CT molecular complexity index is 1670. The first-order valence-electron chi connectivity index (χ1n) is 16.0. The van der Waals surface area contributed by atoms with Gasteiger partial charge in [-0.1, -0.05) is 0 Å². The van der Waals surface area contributed by atoms with Crippen molar-refractivity contribution in [3.8, 4) is 17.2 Å². The minimum absolute atomic E-state index is 0.0443. The molecule has 1 saturated carbocycles. The lowest BCUT2D eigenvalue weighted by Gasteiger charge is -2.52. The Kier molecular flexibility index (Phi) is 9.34. The topological polar surface area (TPSA) is 135 Å². The van der Waals surface area contributed by atoms with E-state index in [9.17, 15) is 14.4 Å². The molecule has 0 spiro atoms. The van der Waals surface area contributed by atoms with Gasteiger partial charge in [0.2, 0.25) is 0 Å². The van der Waals surface area contributed by atoms with Gasteiger partial charge in [-0.3, -0.25) is 9.69 Å². The lowest BCUT2D eigenvalue weighted by atomic mass is 9.63. The zero-order chi connectivity index (χ0) is 33.4. The third kappa shape index (κ3) is 6.00. The highest BCUT2D eigenvalue weighted by molar-refractivity contribution is 5.91. The van der Waals surface area contributed by atoms with Crippen molar-refractivity contribution in [3.05, 3.63) is 52.7 Å². The fraction of sp³-hybridized carbons (Fsp3) is 0.514. The summed E-state index contributed by atoms with van der Waals surface area (Å²) in [6.07, 6.45) is -0.0996. The first kappa shape index (κ1) is 32.6. The number of carbonyl (C=O) groups is 3. The molecule has 12 nitrogen and oxygen atoms in total. The molecule has 2 fully saturated rings. The van der Waals surface area contributed by atoms with E-state index in [1.165, 1.54) is 44.0 Å². The van der Waals surface area contributed by atoms with Crippen LogP contribution in [0.5, 0.6) is 17.2 Å². The number of carbonyl (C=O) groups excluding carboxylic acids is 3. The van der Waals surface area contributed by atoms with Gasteiger partial charge in [0.05, 0.1) is 45.5 Å². The Hall–Kier alpha value is -4.29. The number of aromatic amines is 1. The molecule has 1 N–H and O–H groups in total. The number of benzene rings is 2. The third-order valence-electron chi connectivity index (χ3n) is 10.0. The number of aryl methyl sites for hydroxylation is 1. The summed E-state index contributed by atoms with van der Waals surface area (Å²) >= 11 is 0. The molecule has 0 amide bonds. The van der Waals surface area contributed by atoms with Crippen LogP contribution >= 0.6 is 0 Å². The maximum Gasteiger partial charge on any atom is 0.513 e. The average molecular weight is 651 g/mol. The van der Waals surface area contributed by atoms with Gasteiger partial charge in [-0.15, -0.1) is 0 Å². The van der Waals surface area contributed by atoms with Crippen LogP contribution in [0, 0.1) is 24.7 Å². The smallest absolute Gasteiger partial charge is 0.497 e. The fourth-order valence-corrected chi connectivity index (χ4v) is 7.94. The summed E-state index contributed by atoms with van der Waals surface area (Å²) in [4.78, 5) is 45.2. The van der Waals surface area contributed by atoms with Crippen molar-refractivity contribution < 1.29 is 47.5 Å². The molecule has 47 heavy (non-hydrogen) atoms. The average Bonchev–Trinajstić information content (AvgIpc) is 3.45. The Balaban J connectivity index is 1.26. The van der Waals surface area contributed by atoms with Crippen molar-refractivity contribution in [2.45, 2.75) is 51.4 Å². The normalized spacial score (nSPS) is 25.1. The molecule has 1 aliphatic carbocycles. The predicted octanol–water partition coefficient (Wildman–Crippen LogP) is 5.00. The summed E-state index contributed by atoms with van der Waals surface area (Å²) in [5, 5.41) is 1.20. The van der Waals surface area contributed by atoms with Gasteiger partial charge in [0, 0.05) is 42.9 Å². The third-order valence-corrected chi connectivity index (χ3v) is 10.0. The van der Waals surface area contributed by atoms with E-state index < -0.39 is 30.3 Å². The molecule has 0 bridgehead atoms. The second-order valence-corrected chi connectivity index (χ2v) is 12.4. The Morgan fingerprint density at radius 3 is 2.53 bits per heavy atom. The Labute approximate surface area is 273 Å². The van der Waals surface area contributed by atoms with Crippen LogP contribution < -0.4 is 14.2 Å². The van der Waals surface area contributed by atoms with E-state index >= 15 is 0 Å². The van der Waals surface area contributed by atoms with Crippen molar-refractivity contribution in [3.63, 3.8) is 0 Å². The van der Waals surface area contributed by atoms with Crippen molar-refractivity contribution >= 4 is 29.0 Å². The molecule has 3 heterocycles. The number of nitrogens with zero attached hydrogens (tertiary/aromatic N) is 1. The van der Waals surface area contributed by atoms with E-state index in [2.05, 4.69) is 16.0 Å². The van der Waals surface area contributed by atoms with E-state index in [1.54, 1.807) is 27.0 Å². The maximum absolute atomic E-state index is 13.6. The Morgan fingerprint density at radius 2 is 1.83 bits per heavy atom. The molecule has 6 rings (SSSR count). The monoisotopic (exact) mass is 650 g/mol. The van der Waals surface area contributed by atoms with Gasteiger partial charge in [-0.25, -0.2) is 9.59 Å². The maximum atomic E-state index is 13.6. The summed E-state index contributed by atoms with van der Waals surface area (Å²) in [7, 11) is 6.00. The number of fused-ring (bicyclic) bond motifs is 6. The molecular weight excluding hydrogens is 608 g/mol. The number of hydrogen-bond donors (Lipinski definition) is 1. The first-order chi connectivity index (χ1) is 22.7. The zero-order valence-electron chi connectivity index (χ0n) is 27.6. The highest BCUT2D eigenvalue weighted by Crippen LogP contribution is 2.50. The number of H-pyrrole nitrogens is 1. The summed E-state index contributed by atoms with van der Waals surface area (Å²) in [6, 6.07) is 9.26. The molecular formula is C35H42N2O10. The minimum Gasteiger partial charge on any atom is -0.497 e. The summed E-state index contributed by atoms with van der Waals surface area (Å²) in [5.74, 6) is -0.450. The first-order valence-corrected chi connectivity index (χ1v) is 16.0. The van der Waals surface area contributed by atoms with Crippen LogP contribution in [0.4, 0.5) is 4.79 Å². The van der Waals surface area contributed by atoms with Crippen LogP contribution in [0.15, 0.2) is 30.3 Å². The Morgan fingerprint density at radius 1 is 1.02 bits per heavy atom. The van der Waals surface area contributed by atoms with E-state index in [0.717, 1.165) is 37.2 Å². The highest BCUT2D eigenvalue weighted by atomic mass is 16.7. The van der Waals surface area contributed by atoms with E-state index in [1.807, 2.05) is 12.1 Å². The predicted molar refractivity (Wildman–Crippen MR) is 170 cm³/mol. The molecule has 3 aliphatic rings. The molecule has 0 radical (unpaired) electrons. The van der Waals surface area contributed by atoms with Crippen LogP contribution in [-0.2, 0) is 30.2 Å². The minimum atomic E-state index is -0.873. The number of esters is 2. The molecule has 252 valence electrons. The molecule has 2 aromatic carbocycles. The molecule has 3 aromatic rings. The van der Waals surface area contributed by atoms with Crippen molar-refractivity contribution in [2.24, 2.45) is 17.8 Å². The van der Waals surface area contributed by atoms with Gasteiger partial charge in [-0.05, 0) is 80.3 Å². The van der Waals surface area contributed by atoms with Gasteiger partial charge < -0.3 is 38.1 Å². The van der Waals surface area contributed by atoms with E-state index in [4.69, 9.17) is 33.2 Å². The molecule has 2 aliphatic heterocycles. The molecule has 12 heteroatoms. The SMILES string of the molecule is CCOC(=O)Oc1c(C)cc(C(=O)O[C@@H]2C[C@@H]3CN4CCc5c([nH]c6cc(OC)ccc56)[C@H]4C[C@@H]3[C@H](C(=O)OC)[C@H]2OC)cc1OC. The number of ether oxygens (including phenoxy) is 7. The molecule has 1 saturated heterocycles.